The summed E-state index contributed by atoms with van der Waals surface area (Å²) in [7, 11) is 1.69. The van der Waals surface area contributed by atoms with Crippen LogP contribution in [0.5, 0.6) is 0 Å². The van der Waals surface area contributed by atoms with Crippen LogP contribution in [0.15, 0.2) is 33.0 Å². The van der Waals surface area contributed by atoms with E-state index in [2.05, 4.69) is 55.8 Å². The van der Waals surface area contributed by atoms with Crippen molar-refractivity contribution < 1.29 is 4.39 Å². The molecule has 8 heteroatoms. The number of guanidine groups is 1. The molecule has 2 aromatic rings. The van der Waals surface area contributed by atoms with E-state index in [1.165, 1.54) is 6.07 Å². The van der Waals surface area contributed by atoms with Crippen LogP contribution in [0.4, 0.5) is 4.39 Å². The van der Waals surface area contributed by atoms with Gasteiger partial charge in [-0.2, -0.15) is 0 Å². The molecule has 0 saturated heterocycles. The van der Waals surface area contributed by atoms with E-state index in [0.29, 0.717) is 30.5 Å². The van der Waals surface area contributed by atoms with Crippen LogP contribution in [0.2, 0.25) is 0 Å². The molecule has 132 valence electrons. The third-order valence-electron chi connectivity index (χ3n) is 3.25. The number of nitrogens with one attached hydrogen (secondary N) is 2. The van der Waals surface area contributed by atoms with E-state index in [4.69, 9.17) is 0 Å². The molecule has 0 aliphatic rings. The average molecular weight is 527 g/mol. The molecule has 0 bridgehead atoms. The summed E-state index contributed by atoms with van der Waals surface area (Å²) in [6.45, 7) is 5.21. The Bertz CT molecular complexity index is 690. The predicted octanol–water partition coefficient (Wildman–Crippen LogP) is 4.65. The molecule has 0 atom stereocenters. The van der Waals surface area contributed by atoms with Gasteiger partial charge in [0.05, 0.1) is 12.2 Å². The lowest BCUT2D eigenvalue weighted by atomic mass is 10.2. The van der Waals surface area contributed by atoms with E-state index in [-0.39, 0.29) is 29.8 Å². The van der Waals surface area contributed by atoms with E-state index < -0.39 is 0 Å². The number of hydrogen-bond donors (Lipinski definition) is 2. The molecule has 2 rings (SSSR count). The van der Waals surface area contributed by atoms with Gasteiger partial charge in [-0.05, 0) is 24.1 Å². The van der Waals surface area contributed by atoms with Crippen LogP contribution >= 0.6 is 51.2 Å². The topological polar surface area (TPSA) is 49.3 Å². The highest BCUT2D eigenvalue weighted by molar-refractivity contribution is 14.0. The summed E-state index contributed by atoms with van der Waals surface area (Å²) >= 11 is 4.98. The van der Waals surface area contributed by atoms with Gasteiger partial charge in [0, 0.05) is 29.0 Å². The van der Waals surface area contributed by atoms with Crippen molar-refractivity contribution in [2.75, 3.05) is 7.05 Å². The number of hydrogen-bond acceptors (Lipinski definition) is 3. The Labute approximate surface area is 171 Å². The average Bonchev–Trinajstić information content (AvgIpc) is 3.00. The molecule has 0 aliphatic heterocycles. The van der Waals surface area contributed by atoms with Gasteiger partial charge in [0.2, 0.25) is 0 Å². The molecule has 0 aliphatic carbocycles. The zero-order chi connectivity index (χ0) is 16.8. The maximum absolute atomic E-state index is 13.7. The van der Waals surface area contributed by atoms with Gasteiger partial charge >= 0.3 is 0 Å². The molecule has 1 aromatic heterocycles. The molecule has 24 heavy (non-hydrogen) atoms. The first kappa shape index (κ1) is 21.3. The van der Waals surface area contributed by atoms with Gasteiger partial charge in [-0.3, -0.25) is 4.99 Å². The Morgan fingerprint density at radius 2 is 2.04 bits per heavy atom. The van der Waals surface area contributed by atoms with Gasteiger partial charge in [0.15, 0.2) is 5.96 Å². The number of aliphatic imine (C=N–C) groups is 1. The maximum atomic E-state index is 13.7. The van der Waals surface area contributed by atoms with Crippen LogP contribution in [-0.4, -0.2) is 18.0 Å². The van der Waals surface area contributed by atoms with Crippen LogP contribution in [0, 0.1) is 5.82 Å². The number of thiazole rings is 1. The number of aromatic nitrogens is 1. The third kappa shape index (κ3) is 6.29. The Hall–Kier alpha value is -0.740. The summed E-state index contributed by atoms with van der Waals surface area (Å²) in [5.41, 5.74) is 1.68. The molecule has 1 aromatic carbocycles. The Kier molecular flexibility index (Phi) is 9.14. The van der Waals surface area contributed by atoms with Crippen molar-refractivity contribution in [2.45, 2.75) is 32.9 Å². The van der Waals surface area contributed by atoms with Crippen LogP contribution in [-0.2, 0) is 13.1 Å². The second-order valence-corrected chi connectivity index (χ2v) is 7.19. The van der Waals surface area contributed by atoms with Gasteiger partial charge < -0.3 is 10.6 Å². The highest BCUT2D eigenvalue weighted by Gasteiger charge is 2.07. The maximum Gasteiger partial charge on any atom is 0.191 e. The molecular weight excluding hydrogens is 506 g/mol. The fraction of sp³-hybridized carbons (Fsp3) is 0.375. The smallest absolute Gasteiger partial charge is 0.191 e. The quantitative estimate of drug-likeness (QED) is 0.338. The second kappa shape index (κ2) is 10.3. The summed E-state index contributed by atoms with van der Waals surface area (Å²) in [5, 5.41) is 9.39. The van der Waals surface area contributed by atoms with Crippen LogP contribution in [0.3, 0.4) is 0 Å². The van der Waals surface area contributed by atoms with E-state index >= 15 is 0 Å². The first-order chi connectivity index (χ1) is 11.0. The van der Waals surface area contributed by atoms with E-state index in [1.807, 2.05) is 0 Å². The zero-order valence-electron chi connectivity index (χ0n) is 13.8. The van der Waals surface area contributed by atoms with E-state index in [9.17, 15) is 4.39 Å². The monoisotopic (exact) mass is 526 g/mol. The molecular formula is C16H21BrFIN4S. The van der Waals surface area contributed by atoms with Crippen molar-refractivity contribution in [3.05, 3.63) is 50.1 Å². The summed E-state index contributed by atoms with van der Waals surface area (Å²) in [6, 6.07) is 4.88. The molecule has 4 nitrogen and oxygen atoms in total. The number of nitrogens with zero attached hydrogens (tertiary/aromatic N) is 2. The highest BCUT2D eigenvalue weighted by Crippen LogP contribution is 2.17. The Balaban J connectivity index is 0.00000288. The normalized spacial score (nSPS) is 11.3. The highest BCUT2D eigenvalue weighted by atomic mass is 127. The molecule has 0 radical (unpaired) electrons. The largest absolute Gasteiger partial charge is 0.352 e. The second-order valence-electron chi connectivity index (χ2n) is 5.34. The van der Waals surface area contributed by atoms with Gasteiger partial charge in [-0.1, -0.05) is 29.8 Å². The summed E-state index contributed by atoms with van der Waals surface area (Å²) in [5.74, 6) is 0.806. The molecule has 0 saturated carbocycles. The van der Waals surface area contributed by atoms with Crippen molar-refractivity contribution >= 4 is 57.2 Å². The Morgan fingerprint density at radius 3 is 2.67 bits per heavy atom. The van der Waals surface area contributed by atoms with Crippen LogP contribution in [0.25, 0.3) is 0 Å². The first-order valence-electron chi connectivity index (χ1n) is 7.32. The van der Waals surface area contributed by atoms with Gasteiger partial charge in [-0.25, -0.2) is 9.37 Å². The minimum Gasteiger partial charge on any atom is -0.352 e. The predicted molar refractivity (Wildman–Crippen MR) is 113 cm³/mol. The fourth-order valence-corrected chi connectivity index (χ4v) is 3.21. The van der Waals surface area contributed by atoms with Gasteiger partial charge in [-0.15, -0.1) is 35.3 Å². The van der Waals surface area contributed by atoms with E-state index in [1.54, 1.807) is 30.5 Å². The minimum atomic E-state index is -0.238. The van der Waals surface area contributed by atoms with Crippen molar-refractivity contribution in [2.24, 2.45) is 4.99 Å². The van der Waals surface area contributed by atoms with Crippen molar-refractivity contribution in [3.63, 3.8) is 0 Å². The number of rotatable bonds is 5. The van der Waals surface area contributed by atoms with Crippen molar-refractivity contribution in [1.82, 2.24) is 15.6 Å². The molecule has 2 N–H and O–H groups in total. The molecule has 0 fully saturated rings. The molecule has 0 unspecified atom stereocenters. The third-order valence-corrected chi connectivity index (χ3v) is 4.61. The molecule has 0 spiro atoms. The number of halogens is 3. The lowest BCUT2D eigenvalue weighted by Gasteiger charge is -2.11. The van der Waals surface area contributed by atoms with E-state index in [0.717, 1.165) is 15.2 Å². The Morgan fingerprint density at radius 1 is 1.33 bits per heavy atom. The van der Waals surface area contributed by atoms with Crippen molar-refractivity contribution in [3.8, 4) is 0 Å². The summed E-state index contributed by atoms with van der Waals surface area (Å²) in [6.07, 6.45) is 0. The summed E-state index contributed by atoms with van der Waals surface area (Å²) < 4.78 is 14.6. The van der Waals surface area contributed by atoms with Gasteiger partial charge in [0.1, 0.15) is 10.8 Å². The first-order valence-corrected chi connectivity index (χ1v) is 8.99. The summed E-state index contributed by atoms with van der Waals surface area (Å²) in [4.78, 5) is 8.72. The van der Waals surface area contributed by atoms with Crippen LogP contribution < -0.4 is 10.6 Å². The van der Waals surface area contributed by atoms with Crippen LogP contribution in [0.1, 0.15) is 36.0 Å². The molecule has 0 amide bonds. The minimum absolute atomic E-state index is 0. The van der Waals surface area contributed by atoms with Gasteiger partial charge in [0.25, 0.3) is 0 Å². The lowest BCUT2D eigenvalue weighted by molar-refractivity contribution is 0.604. The standard InChI is InChI=1S/C16H20BrFN4S.HI/c1-10(2)14-9-23-15(22-14)8-21-16(19-3)20-7-11-6-12(17)4-5-13(11)18;/h4-6,9-10H,7-8H2,1-3H3,(H2,19,20,21);1H. The van der Waals surface area contributed by atoms with Crippen molar-refractivity contribution in [1.29, 1.82) is 0 Å². The molecule has 1 heterocycles. The fourth-order valence-electron chi connectivity index (χ4n) is 1.91. The SMILES string of the molecule is CN=C(NCc1nc(C(C)C)cs1)NCc1cc(Br)ccc1F.I. The number of benzene rings is 1. The zero-order valence-corrected chi connectivity index (χ0v) is 18.5. The lowest BCUT2D eigenvalue weighted by Crippen LogP contribution is -2.36.